The van der Waals surface area contributed by atoms with E-state index in [-0.39, 0.29) is 0 Å². The van der Waals surface area contributed by atoms with E-state index < -0.39 is 0 Å². The highest BCUT2D eigenvalue weighted by Gasteiger charge is 2.27. The maximum Gasteiger partial charge on any atom is 0.0348 e. The van der Waals surface area contributed by atoms with Gasteiger partial charge in [0.1, 0.15) is 0 Å². The third-order valence-electron chi connectivity index (χ3n) is 12.9. The van der Waals surface area contributed by atoms with Gasteiger partial charge < -0.3 is 0 Å². The van der Waals surface area contributed by atoms with Gasteiger partial charge in [-0.3, -0.25) is 0 Å². The fourth-order valence-electron chi connectivity index (χ4n) is 10.5. The summed E-state index contributed by atoms with van der Waals surface area (Å²) in [6, 6.07) is 60.6. The maximum absolute atomic E-state index is 2.53. The van der Waals surface area contributed by atoms with Gasteiger partial charge in [0.25, 0.3) is 0 Å². The molecule has 10 aromatic carbocycles. The minimum atomic E-state index is 1.29. The molecule has 0 amide bonds. The van der Waals surface area contributed by atoms with Crippen LogP contribution in [0.1, 0.15) is 0 Å². The van der Waals surface area contributed by atoms with Crippen LogP contribution in [0.25, 0.3) is 141 Å². The average Bonchev–Trinajstić information content (AvgIpc) is 4.05. The Bertz CT molecular complexity index is 3500. The number of thiophene rings is 2. The van der Waals surface area contributed by atoms with E-state index >= 15 is 0 Å². The standard InChI is InChI=1S/C54H28S2/c1-7-29-9-3-15-37-43-27-49-45(25-41(43)35(13-1)53(29)37)39(31-11-5-17-51-33(31)19-21-55-51)23-48-47(49)24-40(32-12-6-18-52-34(32)20-22-56-52)46-26-42-36-14-2-8-30-10-4-16-38(54(30)36)44(42)28-50(46)48/h1-28H. The van der Waals surface area contributed by atoms with E-state index in [0.717, 1.165) is 0 Å². The van der Waals surface area contributed by atoms with Crippen molar-refractivity contribution in [2.75, 3.05) is 0 Å². The molecule has 56 heavy (non-hydrogen) atoms. The molecular weight excluding hydrogens is 713 g/mol. The molecule has 0 bridgehead atoms. The average molecular weight is 741 g/mol. The predicted octanol–water partition coefficient (Wildman–Crippen LogP) is 16.5. The van der Waals surface area contributed by atoms with Crippen LogP contribution in [-0.4, -0.2) is 0 Å². The summed E-state index contributed by atoms with van der Waals surface area (Å²) in [6.07, 6.45) is 0. The zero-order valence-electron chi connectivity index (χ0n) is 30.0. The van der Waals surface area contributed by atoms with Crippen molar-refractivity contribution < 1.29 is 0 Å². The molecule has 0 N–H and O–H groups in total. The molecule has 0 saturated heterocycles. The largest absolute Gasteiger partial charge is 0.144 e. The van der Waals surface area contributed by atoms with Crippen molar-refractivity contribution in [3.8, 4) is 66.8 Å². The topological polar surface area (TPSA) is 0 Å². The van der Waals surface area contributed by atoms with Crippen LogP contribution in [0.3, 0.4) is 0 Å². The Labute approximate surface area is 330 Å². The van der Waals surface area contributed by atoms with Gasteiger partial charge in [-0.05, 0) is 192 Å². The quantitative estimate of drug-likeness (QED) is 0.155. The third kappa shape index (κ3) is 3.73. The lowest BCUT2D eigenvalue weighted by molar-refractivity contribution is 1.71. The van der Waals surface area contributed by atoms with E-state index in [1.54, 1.807) is 0 Å². The van der Waals surface area contributed by atoms with Gasteiger partial charge in [0, 0.05) is 20.2 Å². The molecule has 2 aromatic heterocycles. The Hall–Kier alpha value is -6.58. The second-order valence-electron chi connectivity index (χ2n) is 15.5. The van der Waals surface area contributed by atoms with Crippen molar-refractivity contribution in [2.45, 2.75) is 0 Å². The number of rotatable bonds is 2. The molecule has 14 rings (SSSR count). The molecule has 0 fully saturated rings. The van der Waals surface area contributed by atoms with Crippen LogP contribution in [0.2, 0.25) is 0 Å². The summed E-state index contributed by atoms with van der Waals surface area (Å²) in [5.41, 5.74) is 15.8. The fraction of sp³-hybridized carbons (Fsp3) is 0. The van der Waals surface area contributed by atoms with Crippen LogP contribution in [0.15, 0.2) is 168 Å². The van der Waals surface area contributed by atoms with E-state index in [9.17, 15) is 0 Å². The molecule has 2 aliphatic rings. The molecule has 2 heterocycles. The Morgan fingerprint density at radius 2 is 0.554 bits per heavy atom. The van der Waals surface area contributed by atoms with Crippen LogP contribution in [0, 0.1) is 0 Å². The maximum atomic E-state index is 2.53. The fourth-order valence-corrected chi connectivity index (χ4v) is 12.1. The molecule has 2 aliphatic carbocycles. The molecule has 256 valence electrons. The first kappa shape index (κ1) is 29.7. The lowest BCUT2D eigenvalue weighted by Crippen LogP contribution is -1.92. The normalized spacial score (nSPS) is 12.6. The number of hydrogen-bond acceptors (Lipinski definition) is 2. The van der Waals surface area contributed by atoms with Crippen molar-refractivity contribution in [3.63, 3.8) is 0 Å². The summed E-state index contributed by atoms with van der Waals surface area (Å²) in [4.78, 5) is 0. The van der Waals surface area contributed by atoms with Crippen LogP contribution in [0.5, 0.6) is 0 Å². The van der Waals surface area contributed by atoms with E-state index in [1.807, 2.05) is 22.7 Å². The van der Waals surface area contributed by atoms with Gasteiger partial charge in [-0.1, -0.05) is 97.1 Å². The molecule has 0 saturated carbocycles. The summed E-state index contributed by atoms with van der Waals surface area (Å²) >= 11 is 3.65. The van der Waals surface area contributed by atoms with Crippen molar-refractivity contribution in [3.05, 3.63) is 168 Å². The van der Waals surface area contributed by atoms with Gasteiger partial charge in [-0.15, -0.1) is 22.7 Å². The SMILES string of the molecule is c1cc2c3c(cccc3c1)-c1cc3c(cc1-2)c(-c1cccc2sccc12)cc1c2cc4c(cc2c(-c2cccc5sccc25)cc31)-c1cccc2cccc-4c12. The Balaban J connectivity index is 1.20. The zero-order valence-corrected chi connectivity index (χ0v) is 31.6. The first-order valence-electron chi connectivity index (χ1n) is 19.3. The second-order valence-corrected chi connectivity index (χ2v) is 17.4. The van der Waals surface area contributed by atoms with Gasteiger partial charge in [-0.2, -0.15) is 0 Å². The molecule has 0 atom stereocenters. The molecule has 0 aliphatic heterocycles. The summed E-state index contributed by atoms with van der Waals surface area (Å²) in [7, 11) is 0. The Morgan fingerprint density at radius 3 is 0.964 bits per heavy atom. The second kappa shape index (κ2) is 10.6. The monoisotopic (exact) mass is 740 g/mol. The van der Waals surface area contributed by atoms with Gasteiger partial charge in [0.15, 0.2) is 0 Å². The van der Waals surface area contributed by atoms with Gasteiger partial charge in [0.05, 0.1) is 0 Å². The number of fused-ring (bicyclic) bond motifs is 13. The van der Waals surface area contributed by atoms with Crippen molar-refractivity contribution in [2.24, 2.45) is 0 Å². The minimum absolute atomic E-state index is 1.29. The third-order valence-corrected chi connectivity index (χ3v) is 14.6. The van der Waals surface area contributed by atoms with Crippen molar-refractivity contribution >= 4 is 96.7 Å². The Morgan fingerprint density at radius 1 is 0.232 bits per heavy atom. The van der Waals surface area contributed by atoms with E-state index in [2.05, 4.69) is 168 Å². The number of benzene rings is 10. The van der Waals surface area contributed by atoms with E-state index in [0.29, 0.717) is 0 Å². The number of hydrogen-bond donors (Lipinski definition) is 0. The minimum Gasteiger partial charge on any atom is -0.144 e. The molecule has 0 unspecified atom stereocenters. The van der Waals surface area contributed by atoms with Crippen LogP contribution < -0.4 is 0 Å². The van der Waals surface area contributed by atoms with Gasteiger partial charge in [-0.25, -0.2) is 0 Å². The van der Waals surface area contributed by atoms with Crippen LogP contribution in [0.4, 0.5) is 0 Å². The predicted molar refractivity (Wildman–Crippen MR) is 244 cm³/mol. The molecular formula is C54H28S2. The highest BCUT2D eigenvalue weighted by atomic mass is 32.1. The smallest absolute Gasteiger partial charge is 0.0348 e. The van der Waals surface area contributed by atoms with E-state index in [4.69, 9.17) is 0 Å². The van der Waals surface area contributed by atoms with Crippen molar-refractivity contribution in [1.82, 2.24) is 0 Å². The van der Waals surface area contributed by atoms with E-state index in [1.165, 1.54) is 141 Å². The molecule has 0 spiro atoms. The van der Waals surface area contributed by atoms with Gasteiger partial charge >= 0.3 is 0 Å². The highest BCUT2D eigenvalue weighted by molar-refractivity contribution is 7.17. The van der Waals surface area contributed by atoms with Crippen molar-refractivity contribution in [1.29, 1.82) is 0 Å². The summed E-state index contributed by atoms with van der Waals surface area (Å²) < 4.78 is 2.64. The summed E-state index contributed by atoms with van der Waals surface area (Å²) in [5.74, 6) is 0. The van der Waals surface area contributed by atoms with Crippen LogP contribution in [-0.2, 0) is 0 Å². The molecule has 2 heteroatoms. The summed E-state index contributed by atoms with van der Waals surface area (Å²) in [6.45, 7) is 0. The lowest BCUT2D eigenvalue weighted by Gasteiger charge is -2.19. The van der Waals surface area contributed by atoms with Gasteiger partial charge in [0.2, 0.25) is 0 Å². The first-order valence-corrected chi connectivity index (χ1v) is 21.1. The zero-order chi connectivity index (χ0) is 36.2. The molecule has 12 aromatic rings. The Kier molecular flexibility index (Phi) is 5.62. The molecule has 0 nitrogen and oxygen atoms in total. The first-order chi connectivity index (χ1) is 27.8. The summed E-state index contributed by atoms with van der Waals surface area (Å²) in [5, 5.41) is 20.3. The lowest BCUT2D eigenvalue weighted by atomic mass is 9.84. The highest BCUT2D eigenvalue weighted by Crippen LogP contribution is 2.54. The van der Waals surface area contributed by atoms with Crippen LogP contribution >= 0.6 is 22.7 Å². The molecule has 0 radical (unpaired) electrons.